The molecule has 0 aromatic carbocycles. The van der Waals surface area contributed by atoms with Crippen molar-refractivity contribution in [1.29, 1.82) is 0 Å². The normalized spacial score (nSPS) is 13.0. The lowest BCUT2D eigenvalue weighted by molar-refractivity contribution is -0.133. The molecule has 0 aliphatic carbocycles. The highest BCUT2D eigenvalue weighted by molar-refractivity contribution is 7.77. The molecule has 0 saturated carbocycles. The van der Waals surface area contributed by atoms with Crippen molar-refractivity contribution in [3.05, 3.63) is 0 Å². The Hall–Kier alpha value is -1.92. The Balaban J connectivity index is 4.63. The molecule has 0 radical (unpaired) electrons. The first-order valence-corrected chi connectivity index (χ1v) is 7.95. The van der Waals surface area contributed by atoms with Gasteiger partial charge in [0.15, 0.2) is 5.96 Å². The number of carboxylic acid groups (broad SMARTS) is 1. The van der Waals surface area contributed by atoms with E-state index in [1.165, 1.54) is 4.90 Å². The topological polar surface area (TPSA) is 181 Å². The van der Waals surface area contributed by atoms with E-state index in [0.29, 0.717) is 13.0 Å². The third kappa shape index (κ3) is 10.4. The molecular weight excluding hydrogens is 330 g/mol. The molecule has 0 aliphatic heterocycles. The number of carbonyl (C=O) groups is 2. The van der Waals surface area contributed by atoms with Crippen LogP contribution in [0, 0.1) is 0 Å². The number of hydrogen-bond acceptors (Lipinski definition) is 5. The maximum atomic E-state index is 12.3. The molecule has 0 saturated heterocycles. The number of guanidine groups is 1. The molecule has 12 heteroatoms. The Morgan fingerprint density at radius 2 is 2.09 bits per heavy atom. The van der Waals surface area contributed by atoms with Crippen molar-refractivity contribution in [3.8, 4) is 0 Å². The van der Waals surface area contributed by atoms with Gasteiger partial charge in [-0.3, -0.25) is 14.3 Å². The van der Waals surface area contributed by atoms with Crippen LogP contribution in [-0.4, -0.2) is 69.1 Å². The molecule has 7 N–H and O–H groups in total. The van der Waals surface area contributed by atoms with Gasteiger partial charge in [0.05, 0.1) is 6.54 Å². The summed E-state index contributed by atoms with van der Waals surface area (Å²) in [6.45, 7) is 2.14. The third-order valence-corrected chi connectivity index (χ3v) is 3.25. The summed E-state index contributed by atoms with van der Waals surface area (Å²) < 4.78 is 26.5. The fourth-order valence-electron chi connectivity index (χ4n) is 1.75. The second-order valence-electron chi connectivity index (χ2n) is 4.40. The van der Waals surface area contributed by atoms with Crippen LogP contribution in [0.15, 0.2) is 4.99 Å². The van der Waals surface area contributed by atoms with Crippen molar-refractivity contribution in [2.45, 2.75) is 25.8 Å². The number of nitrogens with two attached hydrogens (primary N) is 2. The number of amides is 1. The number of hydrogen-bond donors (Lipinski definition) is 5. The predicted octanol–water partition coefficient (Wildman–Crippen LogP) is -1.32. The average molecular weight is 353 g/mol. The molecule has 0 spiro atoms. The molecular formula is C11H23N5O6S. The number of ether oxygens (including phenoxy) is 1. The predicted molar refractivity (Wildman–Crippen MR) is 83.8 cm³/mol. The van der Waals surface area contributed by atoms with Gasteiger partial charge in [-0.25, -0.2) is 13.7 Å². The first-order chi connectivity index (χ1) is 10.8. The summed E-state index contributed by atoms with van der Waals surface area (Å²) in [7, 11) is 0. The fraction of sp³-hybridized carbons (Fsp3) is 0.727. The maximum absolute atomic E-state index is 12.3. The van der Waals surface area contributed by atoms with Gasteiger partial charge in [-0.15, -0.1) is 0 Å². The minimum atomic E-state index is -2.37. The summed E-state index contributed by atoms with van der Waals surface area (Å²) in [6, 6.07) is -0.917. The van der Waals surface area contributed by atoms with Crippen molar-refractivity contribution in [1.82, 2.24) is 9.62 Å². The molecule has 0 heterocycles. The van der Waals surface area contributed by atoms with Gasteiger partial charge in [0.2, 0.25) is 17.2 Å². The number of carbonyl (C=O) groups excluding carboxylic acids is 1. The highest BCUT2D eigenvalue weighted by Crippen LogP contribution is 2.04. The lowest BCUT2D eigenvalue weighted by atomic mass is 10.1. The Bertz CT molecular complexity index is 443. The Kier molecular flexibility index (Phi) is 10.7. The van der Waals surface area contributed by atoms with Crippen LogP contribution in [0.1, 0.15) is 19.8 Å². The SMILES string of the molecule is CCN(CCOC(=O)O)C(=O)[C@H](CCCN=C(N)N)NS(=O)O. The van der Waals surface area contributed by atoms with E-state index in [1.807, 2.05) is 0 Å². The smallest absolute Gasteiger partial charge is 0.450 e. The number of rotatable bonds is 11. The van der Waals surface area contributed by atoms with Crippen LogP contribution in [0.4, 0.5) is 4.79 Å². The first-order valence-electron chi connectivity index (χ1n) is 6.84. The molecule has 1 amide bonds. The molecule has 0 fully saturated rings. The molecule has 134 valence electrons. The molecule has 2 atom stereocenters. The van der Waals surface area contributed by atoms with Gasteiger partial charge in [0, 0.05) is 13.1 Å². The average Bonchev–Trinajstić information content (AvgIpc) is 2.45. The summed E-state index contributed by atoms with van der Waals surface area (Å²) in [4.78, 5) is 27.7. The Morgan fingerprint density at radius 3 is 2.57 bits per heavy atom. The number of nitrogens with one attached hydrogen (secondary N) is 1. The van der Waals surface area contributed by atoms with Gasteiger partial charge in [0.1, 0.15) is 12.6 Å². The van der Waals surface area contributed by atoms with Gasteiger partial charge in [-0.05, 0) is 19.8 Å². The highest BCUT2D eigenvalue weighted by Gasteiger charge is 2.24. The summed E-state index contributed by atoms with van der Waals surface area (Å²) in [6.07, 6.45) is -0.781. The third-order valence-electron chi connectivity index (χ3n) is 2.77. The largest absolute Gasteiger partial charge is 0.505 e. The molecule has 0 aromatic rings. The van der Waals surface area contributed by atoms with E-state index in [4.69, 9.17) is 21.1 Å². The first kappa shape index (κ1) is 21.1. The fourth-order valence-corrected chi connectivity index (χ4v) is 2.21. The molecule has 0 aromatic heterocycles. The Labute approximate surface area is 136 Å². The minimum Gasteiger partial charge on any atom is -0.450 e. The van der Waals surface area contributed by atoms with Crippen LogP contribution in [0.2, 0.25) is 0 Å². The highest BCUT2D eigenvalue weighted by atomic mass is 32.2. The summed E-state index contributed by atoms with van der Waals surface area (Å²) in [5, 5.41) is 8.41. The van der Waals surface area contributed by atoms with Crippen LogP contribution < -0.4 is 16.2 Å². The van der Waals surface area contributed by atoms with Crippen molar-refractivity contribution >= 4 is 29.3 Å². The number of nitrogens with zero attached hydrogens (tertiary/aromatic N) is 2. The van der Waals surface area contributed by atoms with Crippen molar-refractivity contribution in [2.75, 3.05) is 26.2 Å². The second kappa shape index (κ2) is 11.6. The van der Waals surface area contributed by atoms with Crippen LogP contribution in [0.3, 0.4) is 0 Å². The van der Waals surface area contributed by atoms with Gasteiger partial charge in [0.25, 0.3) is 0 Å². The van der Waals surface area contributed by atoms with Crippen molar-refractivity contribution < 1.29 is 28.2 Å². The van der Waals surface area contributed by atoms with E-state index in [2.05, 4.69) is 14.5 Å². The molecule has 11 nitrogen and oxygen atoms in total. The number of aliphatic imine (C=N–C) groups is 1. The van der Waals surface area contributed by atoms with Gasteiger partial charge >= 0.3 is 6.16 Å². The minimum absolute atomic E-state index is 0.0474. The monoisotopic (exact) mass is 353 g/mol. The molecule has 1 unspecified atom stereocenters. The zero-order chi connectivity index (χ0) is 17.8. The molecule has 0 bridgehead atoms. The second-order valence-corrected chi connectivity index (χ2v) is 5.13. The standard InChI is InChI=1S/C11H23N5O6S/c1-2-16(6-7-22-11(18)19)9(17)8(15-23(20)21)4-3-5-14-10(12)13/h8,15H,2-7H2,1H3,(H,18,19)(H,20,21)(H4,12,13,14)/t8-/m0/s1. The molecule has 0 rings (SSSR count). The van der Waals surface area contributed by atoms with Gasteiger partial charge in [-0.1, -0.05) is 0 Å². The van der Waals surface area contributed by atoms with Crippen LogP contribution in [0.25, 0.3) is 0 Å². The quantitative estimate of drug-likeness (QED) is 0.0996. The maximum Gasteiger partial charge on any atom is 0.505 e. The van der Waals surface area contributed by atoms with Crippen molar-refractivity contribution in [2.24, 2.45) is 16.5 Å². The Morgan fingerprint density at radius 1 is 1.43 bits per heavy atom. The van der Waals surface area contributed by atoms with Crippen LogP contribution >= 0.6 is 0 Å². The zero-order valence-electron chi connectivity index (χ0n) is 12.8. The van der Waals surface area contributed by atoms with E-state index in [1.54, 1.807) is 6.92 Å². The summed E-state index contributed by atoms with van der Waals surface area (Å²) in [5.74, 6) is -0.513. The van der Waals surface area contributed by atoms with E-state index >= 15 is 0 Å². The number of likely N-dealkylation sites (N-methyl/N-ethyl adjacent to an activating group) is 1. The molecule has 23 heavy (non-hydrogen) atoms. The van der Waals surface area contributed by atoms with Crippen molar-refractivity contribution in [3.63, 3.8) is 0 Å². The van der Waals surface area contributed by atoms with Crippen LogP contribution in [-0.2, 0) is 20.8 Å². The summed E-state index contributed by atoms with van der Waals surface area (Å²) >= 11 is -2.37. The molecule has 0 aliphatic rings. The van der Waals surface area contributed by atoms with E-state index < -0.39 is 29.4 Å². The van der Waals surface area contributed by atoms with Gasteiger partial charge in [-0.2, -0.15) is 0 Å². The van der Waals surface area contributed by atoms with E-state index in [-0.39, 0.29) is 32.1 Å². The van der Waals surface area contributed by atoms with Crippen LogP contribution in [0.5, 0.6) is 0 Å². The lowest BCUT2D eigenvalue weighted by Gasteiger charge is -2.25. The zero-order valence-corrected chi connectivity index (χ0v) is 13.6. The van der Waals surface area contributed by atoms with Gasteiger partial charge < -0.3 is 26.2 Å². The summed E-state index contributed by atoms with van der Waals surface area (Å²) in [5.41, 5.74) is 10.4. The lowest BCUT2D eigenvalue weighted by Crippen LogP contribution is -2.48. The van der Waals surface area contributed by atoms with E-state index in [0.717, 1.165) is 0 Å². The van der Waals surface area contributed by atoms with E-state index in [9.17, 15) is 13.8 Å².